The van der Waals surface area contributed by atoms with Crippen LogP contribution in [0.1, 0.15) is 51.0 Å². The summed E-state index contributed by atoms with van der Waals surface area (Å²) in [6.07, 6.45) is 11.2. The van der Waals surface area contributed by atoms with Crippen LogP contribution in [-0.4, -0.2) is 27.2 Å². The van der Waals surface area contributed by atoms with Gasteiger partial charge in [-0.25, -0.2) is 4.79 Å². The molecule has 7 heteroatoms. The van der Waals surface area contributed by atoms with Gasteiger partial charge in [-0.3, -0.25) is 19.3 Å². The van der Waals surface area contributed by atoms with Gasteiger partial charge in [0.05, 0.1) is 0 Å². The van der Waals surface area contributed by atoms with Crippen LogP contribution in [0.2, 0.25) is 0 Å². The standard InChI is InChI=1S/C21H29N5O2/c1-2-12-25-18(16-9-3-4-10-16)23-17-19(27)24-21(28)26(20(17)25)13-6-8-15-7-5-11-22-14-15/h5,7,11,14,16,18,23H,2-4,6,8-10,12-13H2,1H3,(H,24,27,28). The van der Waals surface area contributed by atoms with Crippen LogP contribution in [-0.2, 0) is 13.0 Å². The highest BCUT2D eigenvalue weighted by atomic mass is 16.2. The highest BCUT2D eigenvalue weighted by Crippen LogP contribution is 2.39. The van der Waals surface area contributed by atoms with Crippen LogP contribution in [0.5, 0.6) is 0 Å². The second-order valence-corrected chi connectivity index (χ2v) is 7.90. The summed E-state index contributed by atoms with van der Waals surface area (Å²) in [5.41, 5.74) is 1.10. The van der Waals surface area contributed by atoms with Gasteiger partial charge in [0.15, 0.2) is 0 Å². The van der Waals surface area contributed by atoms with Gasteiger partial charge in [-0.2, -0.15) is 0 Å². The molecule has 2 aromatic heterocycles. The third-order valence-corrected chi connectivity index (χ3v) is 5.95. The third kappa shape index (κ3) is 3.57. The molecule has 28 heavy (non-hydrogen) atoms. The number of H-pyrrole nitrogens is 1. The van der Waals surface area contributed by atoms with E-state index in [4.69, 9.17) is 0 Å². The molecule has 0 bridgehead atoms. The first kappa shape index (κ1) is 18.8. The molecule has 1 atom stereocenters. The summed E-state index contributed by atoms with van der Waals surface area (Å²) in [6, 6.07) is 3.98. The van der Waals surface area contributed by atoms with E-state index in [2.05, 4.69) is 27.1 Å². The maximum absolute atomic E-state index is 12.7. The number of nitrogens with zero attached hydrogens (tertiary/aromatic N) is 3. The average Bonchev–Trinajstić information content (AvgIpc) is 3.34. The van der Waals surface area contributed by atoms with Crippen molar-refractivity contribution in [3.8, 4) is 0 Å². The van der Waals surface area contributed by atoms with Gasteiger partial charge in [0, 0.05) is 25.5 Å². The predicted molar refractivity (Wildman–Crippen MR) is 111 cm³/mol. The number of rotatable bonds is 7. The van der Waals surface area contributed by atoms with Gasteiger partial charge in [-0.05, 0) is 49.7 Å². The number of fused-ring (bicyclic) bond motifs is 1. The molecule has 1 unspecified atom stereocenters. The van der Waals surface area contributed by atoms with Crippen LogP contribution < -0.4 is 21.5 Å². The van der Waals surface area contributed by atoms with E-state index in [-0.39, 0.29) is 17.4 Å². The maximum atomic E-state index is 12.7. The summed E-state index contributed by atoms with van der Waals surface area (Å²) in [4.78, 5) is 34.1. The van der Waals surface area contributed by atoms with E-state index in [1.807, 2.05) is 18.3 Å². The molecule has 2 aliphatic rings. The van der Waals surface area contributed by atoms with Crippen molar-refractivity contribution in [3.63, 3.8) is 0 Å². The van der Waals surface area contributed by atoms with Crippen molar-refractivity contribution in [3.05, 3.63) is 50.9 Å². The molecular formula is C21H29N5O2. The molecule has 1 aliphatic carbocycles. The molecule has 2 aromatic rings. The van der Waals surface area contributed by atoms with Crippen LogP contribution in [0, 0.1) is 5.92 Å². The van der Waals surface area contributed by atoms with Crippen LogP contribution in [0.25, 0.3) is 0 Å². The van der Waals surface area contributed by atoms with E-state index in [0.29, 0.717) is 18.2 Å². The van der Waals surface area contributed by atoms with Crippen LogP contribution in [0.15, 0.2) is 34.1 Å². The summed E-state index contributed by atoms with van der Waals surface area (Å²) in [5.74, 6) is 1.30. The first-order valence-electron chi connectivity index (χ1n) is 10.5. The number of aromatic nitrogens is 3. The van der Waals surface area contributed by atoms with Crippen LogP contribution >= 0.6 is 0 Å². The first-order valence-corrected chi connectivity index (χ1v) is 10.5. The second-order valence-electron chi connectivity index (χ2n) is 7.90. The molecule has 1 aliphatic heterocycles. The summed E-state index contributed by atoms with van der Waals surface area (Å²) in [6.45, 7) is 3.56. The molecule has 4 rings (SSSR count). The highest BCUT2D eigenvalue weighted by molar-refractivity contribution is 5.71. The van der Waals surface area contributed by atoms with Crippen LogP contribution in [0.4, 0.5) is 11.5 Å². The van der Waals surface area contributed by atoms with Crippen molar-refractivity contribution in [2.75, 3.05) is 16.8 Å². The molecule has 0 spiro atoms. The molecule has 0 aromatic carbocycles. The Bertz CT molecular complexity index is 915. The molecule has 1 saturated carbocycles. The SMILES string of the molecule is CCCN1c2c(c(=O)[nH]c(=O)n2CCCc2cccnc2)NC1C1CCCC1. The van der Waals surface area contributed by atoms with Crippen molar-refractivity contribution < 1.29 is 0 Å². The largest absolute Gasteiger partial charge is 0.357 e. The Kier molecular flexibility index (Phi) is 5.50. The molecule has 2 N–H and O–H groups in total. The Hall–Kier alpha value is -2.57. The normalized spacial score (nSPS) is 19.0. The molecule has 0 radical (unpaired) electrons. The van der Waals surface area contributed by atoms with E-state index in [1.54, 1.807) is 10.8 Å². The molecule has 7 nitrogen and oxygen atoms in total. The predicted octanol–water partition coefficient (Wildman–Crippen LogP) is 2.72. The highest BCUT2D eigenvalue weighted by Gasteiger charge is 2.39. The lowest BCUT2D eigenvalue weighted by molar-refractivity contribution is 0.440. The number of anilines is 2. The van der Waals surface area contributed by atoms with Crippen LogP contribution in [0.3, 0.4) is 0 Å². The van der Waals surface area contributed by atoms with Gasteiger partial charge in [0.2, 0.25) is 0 Å². The minimum absolute atomic E-state index is 0.116. The number of hydrogen-bond acceptors (Lipinski definition) is 5. The Balaban J connectivity index is 1.62. The van der Waals surface area contributed by atoms with E-state index >= 15 is 0 Å². The van der Waals surface area contributed by atoms with E-state index < -0.39 is 0 Å². The van der Waals surface area contributed by atoms with Crippen molar-refractivity contribution in [2.45, 2.75) is 64.6 Å². The van der Waals surface area contributed by atoms with Gasteiger partial charge in [-0.1, -0.05) is 25.8 Å². The number of aryl methyl sites for hydroxylation is 1. The number of pyridine rings is 1. The lowest BCUT2D eigenvalue weighted by Crippen LogP contribution is -2.43. The van der Waals surface area contributed by atoms with Gasteiger partial charge in [0.25, 0.3) is 5.56 Å². The lowest BCUT2D eigenvalue weighted by Gasteiger charge is -2.31. The Labute approximate surface area is 164 Å². The Morgan fingerprint density at radius 1 is 1.21 bits per heavy atom. The van der Waals surface area contributed by atoms with Crippen molar-refractivity contribution in [2.24, 2.45) is 5.92 Å². The zero-order chi connectivity index (χ0) is 19.5. The topological polar surface area (TPSA) is 83.0 Å². The zero-order valence-electron chi connectivity index (χ0n) is 16.5. The average molecular weight is 383 g/mol. The monoisotopic (exact) mass is 383 g/mol. The quantitative estimate of drug-likeness (QED) is 0.768. The van der Waals surface area contributed by atoms with E-state index in [1.165, 1.54) is 25.7 Å². The van der Waals surface area contributed by atoms with Gasteiger partial charge < -0.3 is 10.2 Å². The molecule has 1 fully saturated rings. The van der Waals surface area contributed by atoms with Gasteiger partial charge >= 0.3 is 5.69 Å². The summed E-state index contributed by atoms with van der Waals surface area (Å²) in [5, 5.41) is 3.47. The lowest BCUT2D eigenvalue weighted by atomic mass is 10.0. The summed E-state index contributed by atoms with van der Waals surface area (Å²) < 4.78 is 1.75. The second kappa shape index (κ2) is 8.20. The minimum atomic E-state index is -0.315. The molecule has 0 amide bonds. The molecule has 3 heterocycles. The first-order chi connectivity index (χ1) is 13.7. The fraction of sp³-hybridized carbons (Fsp3) is 0.571. The maximum Gasteiger partial charge on any atom is 0.330 e. The fourth-order valence-electron chi connectivity index (χ4n) is 4.67. The Morgan fingerprint density at radius 2 is 2.04 bits per heavy atom. The van der Waals surface area contributed by atoms with Gasteiger partial charge in [-0.15, -0.1) is 0 Å². The Morgan fingerprint density at radius 3 is 2.75 bits per heavy atom. The van der Waals surface area contributed by atoms with E-state index in [0.717, 1.165) is 37.2 Å². The summed E-state index contributed by atoms with van der Waals surface area (Å²) >= 11 is 0. The molecule has 150 valence electrons. The van der Waals surface area contributed by atoms with Gasteiger partial charge in [0.1, 0.15) is 17.7 Å². The fourth-order valence-corrected chi connectivity index (χ4v) is 4.67. The number of nitrogens with one attached hydrogen (secondary N) is 2. The van der Waals surface area contributed by atoms with Crippen molar-refractivity contribution in [1.82, 2.24) is 14.5 Å². The van der Waals surface area contributed by atoms with E-state index in [9.17, 15) is 9.59 Å². The smallest absolute Gasteiger partial charge is 0.330 e. The van der Waals surface area contributed by atoms with Crippen molar-refractivity contribution >= 4 is 11.5 Å². The summed E-state index contributed by atoms with van der Waals surface area (Å²) in [7, 11) is 0. The number of aromatic amines is 1. The third-order valence-electron chi connectivity index (χ3n) is 5.95. The minimum Gasteiger partial charge on any atom is -0.357 e. The molecular weight excluding hydrogens is 354 g/mol. The zero-order valence-corrected chi connectivity index (χ0v) is 16.5. The number of hydrogen-bond donors (Lipinski definition) is 2. The van der Waals surface area contributed by atoms with Crippen molar-refractivity contribution in [1.29, 1.82) is 0 Å². The molecule has 0 saturated heterocycles.